The third-order valence-electron chi connectivity index (χ3n) is 2.62. The topological polar surface area (TPSA) is 56.8 Å². The monoisotopic (exact) mass is 345 g/mol. The van der Waals surface area contributed by atoms with E-state index in [1.807, 2.05) is 0 Å². The number of benzene rings is 1. The average molecular weight is 346 g/mol. The highest BCUT2D eigenvalue weighted by Crippen LogP contribution is 2.27. The van der Waals surface area contributed by atoms with Gasteiger partial charge in [0.25, 0.3) is 5.91 Å². The molecule has 0 bridgehead atoms. The van der Waals surface area contributed by atoms with E-state index in [2.05, 4.69) is 21.2 Å². The van der Waals surface area contributed by atoms with Gasteiger partial charge in [0.15, 0.2) is 11.5 Å². The second kappa shape index (κ2) is 9.61. The minimum Gasteiger partial charge on any atom is -0.493 e. The minimum atomic E-state index is -0.133. The highest BCUT2D eigenvalue weighted by atomic mass is 79.9. The van der Waals surface area contributed by atoms with Gasteiger partial charge in [-0.3, -0.25) is 4.79 Å². The van der Waals surface area contributed by atoms with E-state index in [-0.39, 0.29) is 5.91 Å². The lowest BCUT2D eigenvalue weighted by molar-refractivity contribution is 0.0944. The first-order valence-corrected chi connectivity index (χ1v) is 7.49. The average Bonchev–Trinajstić information content (AvgIpc) is 2.49. The summed E-state index contributed by atoms with van der Waals surface area (Å²) in [5.74, 6) is 1.01. The molecule has 0 unspecified atom stereocenters. The van der Waals surface area contributed by atoms with E-state index in [9.17, 15) is 4.79 Å². The molecule has 0 saturated heterocycles. The van der Waals surface area contributed by atoms with Crippen molar-refractivity contribution >= 4 is 21.8 Å². The number of methoxy groups -OCH3 is 2. The molecule has 0 aliphatic heterocycles. The Morgan fingerprint density at radius 1 is 1.20 bits per heavy atom. The second-order valence-electron chi connectivity index (χ2n) is 3.98. The fraction of sp³-hybridized carbons (Fsp3) is 0.500. The Morgan fingerprint density at radius 3 is 2.60 bits per heavy atom. The number of nitrogens with one attached hydrogen (secondary N) is 1. The summed E-state index contributed by atoms with van der Waals surface area (Å²) in [6, 6.07) is 5.08. The van der Waals surface area contributed by atoms with E-state index < -0.39 is 0 Å². The molecule has 0 aromatic heterocycles. The molecule has 1 aromatic rings. The van der Waals surface area contributed by atoms with Crippen molar-refractivity contribution < 1.29 is 19.0 Å². The van der Waals surface area contributed by atoms with Crippen LogP contribution in [0.25, 0.3) is 0 Å². The van der Waals surface area contributed by atoms with Gasteiger partial charge in [-0.25, -0.2) is 0 Å². The van der Waals surface area contributed by atoms with Crippen LogP contribution in [0.2, 0.25) is 0 Å². The molecule has 0 atom stereocenters. The van der Waals surface area contributed by atoms with Crippen molar-refractivity contribution in [2.45, 2.75) is 6.42 Å². The number of rotatable bonds is 9. The van der Waals surface area contributed by atoms with Crippen molar-refractivity contribution in [3.63, 3.8) is 0 Å². The molecule has 1 aromatic carbocycles. The number of ether oxygens (including phenoxy) is 3. The molecular formula is C14H20BrNO4. The number of hydrogen-bond donors (Lipinski definition) is 1. The first-order valence-electron chi connectivity index (χ1n) is 6.37. The second-order valence-corrected chi connectivity index (χ2v) is 4.77. The Labute approximate surface area is 127 Å². The molecule has 1 amide bonds. The smallest absolute Gasteiger partial charge is 0.251 e. The molecule has 0 fully saturated rings. The molecule has 0 spiro atoms. The van der Waals surface area contributed by atoms with E-state index >= 15 is 0 Å². The lowest BCUT2D eigenvalue weighted by Gasteiger charge is -2.10. The summed E-state index contributed by atoms with van der Waals surface area (Å²) in [5.41, 5.74) is 0.545. The lowest BCUT2D eigenvalue weighted by atomic mass is 10.2. The molecule has 5 nitrogen and oxygen atoms in total. The van der Waals surface area contributed by atoms with Gasteiger partial charge in [-0.2, -0.15) is 0 Å². The molecular weight excluding hydrogens is 326 g/mol. The van der Waals surface area contributed by atoms with E-state index in [1.165, 1.54) is 0 Å². The van der Waals surface area contributed by atoms with Crippen LogP contribution in [0.4, 0.5) is 0 Å². The quantitative estimate of drug-likeness (QED) is 0.550. The summed E-state index contributed by atoms with van der Waals surface area (Å²) < 4.78 is 15.6. The van der Waals surface area contributed by atoms with Crippen molar-refractivity contribution in [1.82, 2.24) is 5.32 Å². The van der Waals surface area contributed by atoms with Gasteiger partial charge in [0.2, 0.25) is 0 Å². The zero-order valence-corrected chi connectivity index (χ0v) is 13.4. The van der Waals surface area contributed by atoms with E-state index in [4.69, 9.17) is 14.2 Å². The summed E-state index contributed by atoms with van der Waals surface area (Å²) in [7, 11) is 3.10. The van der Waals surface area contributed by atoms with E-state index in [0.717, 1.165) is 11.8 Å². The molecule has 0 aliphatic carbocycles. The number of carbonyl (C=O) groups excluding carboxylic acids is 1. The van der Waals surface area contributed by atoms with Crippen LogP contribution in [-0.4, -0.2) is 45.2 Å². The largest absolute Gasteiger partial charge is 0.493 e. The van der Waals surface area contributed by atoms with Crippen LogP contribution >= 0.6 is 15.9 Å². The summed E-state index contributed by atoms with van der Waals surface area (Å²) in [6.07, 6.45) is 0.784. The molecule has 0 aliphatic rings. The van der Waals surface area contributed by atoms with Crippen molar-refractivity contribution in [2.75, 3.05) is 39.3 Å². The molecule has 20 heavy (non-hydrogen) atoms. The molecule has 1 N–H and O–H groups in total. The summed E-state index contributed by atoms with van der Waals surface area (Å²) >= 11 is 3.28. The van der Waals surface area contributed by atoms with Gasteiger partial charge in [0, 0.05) is 24.0 Å². The molecule has 112 valence electrons. The van der Waals surface area contributed by atoms with E-state index in [0.29, 0.717) is 36.8 Å². The van der Waals surface area contributed by atoms with Crippen LogP contribution in [0.5, 0.6) is 11.5 Å². The maximum atomic E-state index is 11.9. The summed E-state index contributed by atoms with van der Waals surface area (Å²) in [5, 5.41) is 3.66. The van der Waals surface area contributed by atoms with Crippen molar-refractivity contribution in [3.8, 4) is 11.5 Å². The SMILES string of the molecule is COc1ccc(C(=O)NCCCOCCBr)cc1OC. The van der Waals surface area contributed by atoms with Gasteiger partial charge >= 0.3 is 0 Å². The zero-order chi connectivity index (χ0) is 14.8. The predicted octanol–water partition coefficient (Wildman–Crippen LogP) is 2.24. The van der Waals surface area contributed by atoms with Crippen molar-refractivity contribution in [1.29, 1.82) is 0 Å². The standard InChI is InChI=1S/C14H20BrNO4/c1-18-12-5-4-11(10-13(12)19-2)14(17)16-7-3-8-20-9-6-15/h4-5,10H,3,6-9H2,1-2H3,(H,16,17). The Bertz CT molecular complexity index is 426. The minimum absolute atomic E-state index is 0.133. The van der Waals surface area contributed by atoms with Crippen molar-refractivity contribution in [2.24, 2.45) is 0 Å². The maximum Gasteiger partial charge on any atom is 0.251 e. The van der Waals surface area contributed by atoms with Gasteiger partial charge in [-0.15, -0.1) is 0 Å². The Hall–Kier alpha value is -1.27. The van der Waals surface area contributed by atoms with Gasteiger partial charge in [-0.05, 0) is 24.6 Å². The number of carbonyl (C=O) groups is 1. The van der Waals surface area contributed by atoms with E-state index in [1.54, 1.807) is 32.4 Å². The van der Waals surface area contributed by atoms with Crippen LogP contribution < -0.4 is 14.8 Å². The fourth-order valence-corrected chi connectivity index (χ4v) is 1.84. The molecule has 0 saturated carbocycles. The number of amides is 1. The highest BCUT2D eigenvalue weighted by molar-refractivity contribution is 9.09. The number of hydrogen-bond acceptors (Lipinski definition) is 4. The zero-order valence-electron chi connectivity index (χ0n) is 11.8. The molecule has 0 heterocycles. The molecule has 1 rings (SSSR count). The van der Waals surface area contributed by atoms with Gasteiger partial charge < -0.3 is 19.5 Å². The Kier molecular flexibility index (Phi) is 8.06. The first-order chi connectivity index (χ1) is 9.72. The summed E-state index contributed by atoms with van der Waals surface area (Å²) in [4.78, 5) is 11.9. The molecule has 0 radical (unpaired) electrons. The highest BCUT2D eigenvalue weighted by Gasteiger charge is 2.09. The predicted molar refractivity (Wildman–Crippen MR) is 81.1 cm³/mol. The van der Waals surface area contributed by atoms with Gasteiger partial charge in [-0.1, -0.05) is 15.9 Å². The van der Waals surface area contributed by atoms with Crippen LogP contribution in [0.1, 0.15) is 16.8 Å². The van der Waals surface area contributed by atoms with Gasteiger partial charge in [0.1, 0.15) is 0 Å². The van der Waals surface area contributed by atoms with Crippen LogP contribution in [0.15, 0.2) is 18.2 Å². The normalized spacial score (nSPS) is 10.2. The summed E-state index contributed by atoms with van der Waals surface area (Å²) in [6.45, 7) is 1.90. The van der Waals surface area contributed by atoms with Gasteiger partial charge in [0.05, 0.1) is 20.8 Å². The lowest BCUT2D eigenvalue weighted by Crippen LogP contribution is -2.25. The van der Waals surface area contributed by atoms with Crippen molar-refractivity contribution in [3.05, 3.63) is 23.8 Å². The molecule has 6 heteroatoms. The number of halogens is 1. The van der Waals surface area contributed by atoms with Crippen LogP contribution in [0.3, 0.4) is 0 Å². The fourth-order valence-electron chi connectivity index (χ4n) is 1.61. The number of alkyl halides is 1. The maximum absolute atomic E-state index is 11.9. The Morgan fingerprint density at radius 2 is 1.95 bits per heavy atom. The Balaban J connectivity index is 2.43. The third kappa shape index (κ3) is 5.38. The van der Waals surface area contributed by atoms with Crippen LogP contribution in [0, 0.1) is 0 Å². The first kappa shape index (κ1) is 16.8. The van der Waals surface area contributed by atoms with Crippen LogP contribution in [-0.2, 0) is 4.74 Å². The third-order valence-corrected chi connectivity index (χ3v) is 2.94.